The fraction of sp³-hybridized carbons (Fsp3) is 1.00. The Kier molecular flexibility index (Phi) is 8.84. The van der Waals surface area contributed by atoms with E-state index >= 15 is 0 Å². The van der Waals surface area contributed by atoms with Gasteiger partial charge in [-0.3, -0.25) is 0 Å². The molecule has 0 aromatic carbocycles. The van der Waals surface area contributed by atoms with Crippen LogP contribution in [0.3, 0.4) is 0 Å². The molecular weight excluding hydrogens is 208 g/mol. The summed E-state index contributed by atoms with van der Waals surface area (Å²) in [6.07, 6.45) is 2.00. The molecule has 0 aliphatic carbocycles. The van der Waals surface area contributed by atoms with Gasteiger partial charge in [0.25, 0.3) is 0 Å². The lowest BCUT2D eigenvalue weighted by molar-refractivity contribution is 0.0737. The highest BCUT2D eigenvalue weighted by molar-refractivity contribution is 4.63. The van der Waals surface area contributed by atoms with Crippen LogP contribution in [0, 0.1) is 0 Å². The van der Waals surface area contributed by atoms with E-state index in [1.807, 2.05) is 0 Å². The largest absolute Gasteiger partial charge is 0.393 e. The molecule has 16 heavy (non-hydrogen) atoms. The molecule has 0 aromatic rings. The Morgan fingerprint density at radius 1 is 0.688 bits per heavy atom. The van der Waals surface area contributed by atoms with Crippen molar-refractivity contribution in [3.05, 3.63) is 0 Å². The molecular formula is C12H26O4. The maximum absolute atomic E-state index is 9.47. The van der Waals surface area contributed by atoms with Crippen molar-refractivity contribution in [2.24, 2.45) is 0 Å². The van der Waals surface area contributed by atoms with Gasteiger partial charge in [0, 0.05) is 0 Å². The van der Waals surface area contributed by atoms with Crippen molar-refractivity contribution in [1.82, 2.24) is 0 Å². The van der Waals surface area contributed by atoms with Crippen LogP contribution in [0.1, 0.15) is 52.4 Å². The standard InChI is InChI=1S/C12H26O4/c1-9(13)7-11(15)5-3-4-6-12(16)8-10(2)14/h9-16H,3-8H2,1-2H3. The average molecular weight is 234 g/mol. The second-order valence-electron chi connectivity index (χ2n) is 4.76. The molecule has 4 nitrogen and oxygen atoms in total. The summed E-state index contributed by atoms with van der Waals surface area (Å²) < 4.78 is 0. The van der Waals surface area contributed by atoms with Crippen LogP contribution >= 0.6 is 0 Å². The molecule has 0 saturated carbocycles. The molecule has 98 valence electrons. The average Bonchev–Trinajstić information content (AvgIpc) is 2.10. The first kappa shape index (κ1) is 15.8. The molecule has 4 N–H and O–H groups in total. The van der Waals surface area contributed by atoms with Gasteiger partial charge in [-0.25, -0.2) is 0 Å². The number of hydrogen-bond acceptors (Lipinski definition) is 4. The lowest BCUT2D eigenvalue weighted by Crippen LogP contribution is -2.16. The summed E-state index contributed by atoms with van der Waals surface area (Å²) in [5.41, 5.74) is 0. The molecule has 0 aliphatic rings. The molecule has 4 unspecified atom stereocenters. The number of unbranched alkanes of at least 4 members (excludes halogenated alkanes) is 1. The second kappa shape index (κ2) is 8.93. The minimum absolute atomic E-state index is 0.413. The van der Waals surface area contributed by atoms with Crippen LogP contribution in [-0.4, -0.2) is 44.8 Å². The van der Waals surface area contributed by atoms with Crippen molar-refractivity contribution in [3.8, 4) is 0 Å². The van der Waals surface area contributed by atoms with E-state index in [0.717, 1.165) is 12.8 Å². The van der Waals surface area contributed by atoms with Gasteiger partial charge >= 0.3 is 0 Å². The predicted molar refractivity (Wildman–Crippen MR) is 63.1 cm³/mol. The second-order valence-corrected chi connectivity index (χ2v) is 4.76. The van der Waals surface area contributed by atoms with Crippen molar-refractivity contribution in [1.29, 1.82) is 0 Å². The highest BCUT2D eigenvalue weighted by Gasteiger charge is 2.10. The summed E-state index contributed by atoms with van der Waals surface area (Å²) in [7, 11) is 0. The molecule has 0 fully saturated rings. The molecule has 4 heteroatoms. The summed E-state index contributed by atoms with van der Waals surface area (Å²) in [6.45, 7) is 3.32. The van der Waals surface area contributed by atoms with Gasteiger partial charge in [0.2, 0.25) is 0 Å². The van der Waals surface area contributed by atoms with E-state index in [1.165, 1.54) is 0 Å². The molecule has 0 amide bonds. The summed E-state index contributed by atoms with van der Waals surface area (Å²) in [4.78, 5) is 0. The lowest BCUT2D eigenvalue weighted by atomic mass is 10.0. The maximum Gasteiger partial charge on any atom is 0.0564 e. The Balaban J connectivity index is 3.38. The first-order chi connectivity index (χ1) is 7.41. The zero-order valence-corrected chi connectivity index (χ0v) is 10.3. The van der Waals surface area contributed by atoms with E-state index in [-0.39, 0.29) is 0 Å². The van der Waals surface area contributed by atoms with E-state index in [0.29, 0.717) is 25.7 Å². The molecule has 0 heterocycles. The number of aliphatic hydroxyl groups excluding tert-OH is 4. The Morgan fingerprint density at radius 2 is 1.00 bits per heavy atom. The Labute approximate surface area is 97.9 Å². The molecule has 0 rings (SSSR count). The van der Waals surface area contributed by atoms with E-state index in [1.54, 1.807) is 13.8 Å². The van der Waals surface area contributed by atoms with Crippen molar-refractivity contribution < 1.29 is 20.4 Å². The smallest absolute Gasteiger partial charge is 0.0564 e. The molecule has 0 spiro atoms. The van der Waals surface area contributed by atoms with E-state index in [9.17, 15) is 10.2 Å². The highest BCUT2D eigenvalue weighted by Crippen LogP contribution is 2.12. The summed E-state index contributed by atoms with van der Waals surface area (Å²) in [6, 6.07) is 0. The van der Waals surface area contributed by atoms with Crippen LogP contribution in [0.15, 0.2) is 0 Å². The van der Waals surface area contributed by atoms with Crippen molar-refractivity contribution in [2.45, 2.75) is 76.8 Å². The number of aliphatic hydroxyl groups is 4. The quantitative estimate of drug-likeness (QED) is 0.445. The fourth-order valence-corrected chi connectivity index (χ4v) is 1.78. The first-order valence-corrected chi connectivity index (χ1v) is 6.14. The van der Waals surface area contributed by atoms with Gasteiger partial charge in [-0.05, 0) is 39.5 Å². The fourth-order valence-electron chi connectivity index (χ4n) is 1.78. The van der Waals surface area contributed by atoms with Crippen LogP contribution in [0.25, 0.3) is 0 Å². The topological polar surface area (TPSA) is 80.9 Å². The summed E-state index contributed by atoms with van der Waals surface area (Å²) in [5.74, 6) is 0. The molecule has 0 saturated heterocycles. The predicted octanol–water partition coefficient (Wildman–Crippen LogP) is 0.810. The van der Waals surface area contributed by atoms with Gasteiger partial charge in [0.15, 0.2) is 0 Å². The molecule has 0 bridgehead atoms. The van der Waals surface area contributed by atoms with Gasteiger partial charge in [-0.15, -0.1) is 0 Å². The third-order valence-corrected chi connectivity index (χ3v) is 2.55. The number of rotatable bonds is 9. The summed E-state index contributed by atoms with van der Waals surface area (Å²) >= 11 is 0. The van der Waals surface area contributed by atoms with Gasteiger partial charge in [-0.1, -0.05) is 12.8 Å². The Bertz CT molecular complexity index is 141. The number of hydrogen-bond donors (Lipinski definition) is 4. The minimum Gasteiger partial charge on any atom is -0.393 e. The van der Waals surface area contributed by atoms with Crippen molar-refractivity contribution in [2.75, 3.05) is 0 Å². The Hall–Kier alpha value is -0.160. The molecule has 0 aromatic heterocycles. The molecule has 4 atom stereocenters. The maximum atomic E-state index is 9.47. The zero-order valence-electron chi connectivity index (χ0n) is 10.3. The van der Waals surface area contributed by atoms with Gasteiger partial charge in [0.05, 0.1) is 24.4 Å². The van der Waals surface area contributed by atoms with Crippen LogP contribution in [0.5, 0.6) is 0 Å². The Morgan fingerprint density at radius 3 is 1.25 bits per heavy atom. The zero-order chi connectivity index (χ0) is 12.6. The van der Waals surface area contributed by atoms with E-state index in [2.05, 4.69) is 0 Å². The van der Waals surface area contributed by atoms with E-state index in [4.69, 9.17) is 10.2 Å². The lowest BCUT2D eigenvalue weighted by Gasteiger charge is -2.14. The third-order valence-electron chi connectivity index (χ3n) is 2.55. The van der Waals surface area contributed by atoms with Crippen LogP contribution in [-0.2, 0) is 0 Å². The van der Waals surface area contributed by atoms with Crippen LogP contribution < -0.4 is 0 Å². The van der Waals surface area contributed by atoms with Crippen molar-refractivity contribution >= 4 is 0 Å². The first-order valence-electron chi connectivity index (χ1n) is 6.14. The van der Waals surface area contributed by atoms with Gasteiger partial charge in [0.1, 0.15) is 0 Å². The summed E-state index contributed by atoms with van der Waals surface area (Å²) in [5, 5.41) is 37.0. The van der Waals surface area contributed by atoms with Crippen LogP contribution in [0.4, 0.5) is 0 Å². The SMILES string of the molecule is CC(O)CC(O)CCCCC(O)CC(C)O. The monoisotopic (exact) mass is 234 g/mol. The normalized spacial score (nSPS) is 19.1. The minimum atomic E-state index is -0.462. The van der Waals surface area contributed by atoms with Crippen molar-refractivity contribution in [3.63, 3.8) is 0 Å². The van der Waals surface area contributed by atoms with E-state index < -0.39 is 24.4 Å². The van der Waals surface area contributed by atoms with Gasteiger partial charge < -0.3 is 20.4 Å². The van der Waals surface area contributed by atoms with Crippen LogP contribution in [0.2, 0.25) is 0 Å². The third kappa shape index (κ3) is 10.4. The molecule has 0 aliphatic heterocycles. The highest BCUT2D eigenvalue weighted by atomic mass is 16.3. The molecule has 0 radical (unpaired) electrons. The van der Waals surface area contributed by atoms with Gasteiger partial charge in [-0.2, -0.15) is 0 Å².